The van der Waals surface area contributed by atoms with Crippen LogP contribution < -0.4 is 5.32 Å². The van der Waals surface area contributed by atoms with Gasteiger partial charge in [0.1, 0.15) is 0 Å². The molecule has 10 heavy (non-hydrogen) atoms. The molecule has 0 saturated heterocycles. The van der Waals surface area contributed by atoms with Crippen LogP contribution in [0.3, 0.4) is 0 Å². The molecule has 0 unspecified atom stereocenters. The first-order valence-electron chi connectivity index (χ1n) is 3.53. The SMILES string of the molecule is C[CH]C(=O)NCC(C)(C)C. The summed E-state index contributed by atoms with van der Waals surface area (Å²) in [5, 5.41) is 2.78. The number of hydrogen-bond donors (Lipinski definition) is 1. The minimum atomic E-state index is 0.00919. The molecule has 59 valence electrons. The second-order valence-corrected chi connectivity index (χ2v) is 3.57. The highest BCUT2D eigenvalue weighted by Crippen LogP contribution is 2.09. The number of nitrogens with one attached hydrogen (secondary N) is 1. The predicted octanol–water partition coefficient (Wildman–Crippen LogP) is 1.37. The number of hydrogen-bond acceptors (Lipinski definition) is 1. The standard InChI is InChI=1S/C8H16NO/c1-5-7(10)9-6-8(2,3)4/h5H,6H2,1-4H3,(H,9,10). The summed E-state index contributed by atoms with van der Waals surface area (Å²) in [6.07, 6.45) is 1.53. The van der Waals surface area contributed by atoms with Gasteiger partial charge in [0.2, 0.25) is 5.91 Å². The van der Waals surface area contributed by atoms with Gasteiger partial charge < -0.3 is 5.32 Å². The summed E-state index contributed by atoms with van der Waals surface area (Å²) in [4.78, 5) is 10.7. The molecule has 0 spiro atoms. The molecule has 0 aliphatic carbocycles. The maximum absolute atomic E-state index is 10.7. The van der Waals surface area contributed by atoms with Crippen LogP contribution in [0.5, 0.6) is 0 Å². The molecule has 0 aromatic rings. The summed E-state index contributed by atoms with van der Waals surface area (Å²) in [7, 11) is 0. The molecule has 2 nitrogen and oxygen atoms in total. The van der Waals surface area contributed by atoms with E-state index < -0.39 is 0 Å². The Morgan fingerprint density at radius 1 is 1.50 bits per heavy atom. The molecule has 0 aliphatic heterocycles. The van der Waals surface area contributed by atoms with Gasteiger partial charge in [-0.3, -0.25) is 4.79 Å². The van der Waals surface area contributed by atoms with Crippen LogP contribution in [0.1, 0.15) is 27.7 Å². The lowest BCUT2D eigenvalue weighted by Crippen LogP contribution is -2.31. The van der Waals surface area contributed by atoms with Gasteiger partial charge in [0, 0.05) is 13.0 Å². The van der Waals surface area contributed by atoms with Crippen molar-refractivity contribution in [2.45, 2.75) is 27.7 Å². The Hall–Kier alpha value is -0.530. The maximum Gasteiger partial charge on any atom is 0.223 e. The Balaban J connectivity index is 3.46. The lowest BCUT2D eigenvalue weighted by molar-refractivity contribution is -0.118. The van der Waals surface area contributed by atoms with Crippen LogP contribution in [0, 0.1) is 11.8 Å². The topological polar surface area (TPSA) is 29.1 Å². The fourth-order valence-electron chi connectivity index (χ4n) is 0.454. The lowest BCUT2D eigenvalue weighted by atomic mass is 9.97. The first-order valence-corrected chi connectivity index (χ1v) is 3.53. The van der Waals surface area contributed by atoms with Crippen LogP contribution in [0.15, 0.2) is 0 Å². The van der Waals surface area contributed by atoms with Gasteiger partial charge in [-0.15, -0.1) is 0 Å². The van der Waals surface area contributed by atoms with Crippen molar-refractivity contribution in [3.05, 3.63) is 6.42 Å². The second-order valence-electron chi connectivity index (χ2n) is 3.57. The Bertz CT molecular complexity index is 113. The number of carbonyl (C=O) groups is 1. The molecule has 0 fully saturated rings. The zero-order valence-corrected chi connectivity index (χ0v) is 7.19. The second kappa shape index (κ2) is 3.59. The minimum Gasteiger partial charge on any atom is -0.355 e. The van der Waals surface area contributed by atoms with E-state index in [1.54, 1.807) is 6.92 Å². The number of carbonyl (C=O) groups excluding carboxylic acids is 1. The van der Waals surface area contributed by atoms with Crippen molar-refractivity contribution in [2.75, 3.05) is 6.54 Å². The number of rotatable bonds is 2. The zero-order chi connectivity index (χ0) is 8.20. The van der Waals surface area contributed by atoms with Crippen molar-refractivity contribution < 1.29 is 4.79 Å². The van der Waals surface area contributed by atoms with Crippen molar-refractivity contribution in [1.82, 2.24) is 5.32 Å². The van der Waals surface area contributed by atoms with Gasteiger partial charge in [-0.05, 0) is 5.41 Å². The van der Waals surface area contributed by atoms with E-state index >= 15 is 0 Å². The molecule has 1 radical (unpaired) electrons. The number of amides is 1. The van der Waals surface area contributed by atoms with Crippen molar-refractivity contribution in [1.29, 1.82) is 0 Å². The van der Waals surface area contributed by atoms with Crippen LogP contribution in [0.4, 0.5) is 0 Å². The van der Waals surface area contributed by atoms with Gasteiger partial charge in [-0.2, -0.15) is 0 Å². The average molecular weight is 142 g/mol. The zero-order valence-electron chi connectivity index (χ0n) is 7.19. The highest BCUT2D eigenvalue weighted by atomic mass is 16.1. The molecule has 1 N–H and O–H groups in total. The van der Waals surface area contributed by atoms with Crippen LogP contribution in [0.25, 0.3) is 0 Å². The fraction of sp³-hybridized carbons (Fsp3) is 0.750. The van der Waals surface area contributed by atoms with E-state index in [4.69, 9.17) is 0 Å². The average Bonchev–Trinajstić information content (AvgIpc) is 1.81. The molecule has 0 aromatic heterocycles. The summed E-state index contributed by atoms with van der Waals surface area (Å²) < 4.78 is 0. The monoisotopic (exact) mass is 142 g/mol. The first kappa shape index (κ1) is 9.47. The van der Waals surface area contributed by atoms with Crippen molar-refractivity contribution in [3.63, 3.8) is 0 Å². The third-order valence-corrected chi connectivity index (χ3v) is 1.06. The molecule has 0 saturated carbocycles. The van der Waals surface area contributed by atoms with Crippen molar-refractivity contribution in [2.24, 2.45) is 5.41 Å². The fourth-order valence-corrected chi connectivity index (χ4v) is 0.454. The highest BCUT2D eigenvalue weighted by molar-refractivity contribution is 5.83. The Kier molecular flexibility index (Phi) is 3.40. The van der Waals surface area contributed by atoms with E-state index in [0.29, 0.717) is 0 Å². The third kappa shape index (κ3) is 5.60. The van der Waals surface area contributed by atoms with E-state index in [-0.39, 0.29) is 11.3 Å². The van der Waals surface area contributed by atoms with E-state index in [1.807, 2.05) is 0 Å². The Morgan fingerprint density at radius 2 is 2.00 bits per heavy atom. The lowest BCUT2D eigenvalue weighted by Gasteiger charge is -2.18. The summed E-state index contributed by atoms with van der Waals surface area (Å²) >= 11 is 0. The van der Waals surface area contributed by atoms with Crippen LogP contribution in [-0.2, 0) is 4.79 Å². The largest absolute Gasteiger partial charge is 0.355 e. The Morgan fingerprint density at radius 3 is 2.30 bits per heavy atom. The minimum absolute atomic E-state index is 0.00919. The predicted molar refractivity (Wildman–Crippen MR) is 42.4 cm³/mol. The molecular weight excluding hydrogens is 126 g/mol. The molecule has 0 bridgehead atoms. The van der Waals surface area contributed by atoms with E-state index in [1.165, 1.54) is 6.42 Å². The molecule has 0 aliphatic rings. The van der Waals surface area contributed by atoms with Gasteiger partial charge in [0.05, 0.1) is 0 Å². The Labute approximate surface area is 63.0 Å². The summed E-state index contributed by atoms with van der Waals surface area (Å²) in [6.45, 7) is 8.73. The molecule has 0 atom stereocenters. The van der Waals surface area contributed by atoms with Crippen molar-refractivity contribution in [3.8, 4) is 0 Å². The molecule has 2 heteroatoms. The molecule has 0 heterocycles. The summed E-state index contributed by atoms with van der Waals surface area (Å²) in [6, 6.07) is 0. The smallest absolute Gasteiger partial charge is 0.223 e. The van der Waals surface area contributed by atoms with Gasteiger partial charge >= 0.3 is 0 Å². The first-order chi connectivity index (χ1) is 4.45. The molecule has 1 amide bonds. The summed E-state index contributed by atoms with van der Waals surface area (Å²) in [5.74, 6) is 0.00919. The van der Waals surface area contributed by atoms with Crippen molar-refractivity contribution >= 4 is 5.91 Å². The van der Waals surface area contributed by atoms with Crippen LogP contribution in [0.2, 0.25) is 0 Å². The molecule has 0 aromatic carbocycles. The highest BCUT2D eigenvalue weighted by Gasteiger charge is 2.10. The van der Waals surface area contributed by atoms with Gasteiger partial charge in [-0.1, -0.05) is 27.7 Å². The molecular formula is C8H16NO. The van der Waals surface area contributed by atoms with E-state index in [9.17, 15) is 4.79 Å². The third-order valence-electron chi connectivity index (χ3n) is 1.06. The van der Waals surface area contributed by atoms with E-state index in [0.717, 1.165) is 6.54 Å². The molecule has 0 rings (SSSR count). The maximum atomic E-state index is 10.7. The van der Waals surface area contributed by atoms with Gasteiger partial charge in [-0.25, -0.2) is 0 Å². The normalized spacial score (nSPS) is 11.2. The summed E-state index contributed by atoms with van der Waals surface area (Å²) in [5.41, 5.74) is 0.179. The quantitative estimate of drug-likeness (QED) is 0.620. The van der Waals surface area contributed by atoms with E-state index in [2.05, 4.69) is 26.1 Å². The van der Waals surface area contributed by atoms with Crippen LogP contribution in [-0.4, -0.2) is 12.5 Å². The van der Waals surface area contributed by atoms with Gasteiger partial charge in [0.25, 0.3) is 0 Å². The van der Waals surface area contributed by atoms with Gasteiger partial charge in [0.15, 0.2) is 0 Å². The van der Waals surface area contributed by atoms with Crippen LogP contribution >= 0.6 is 0 Å².